The van der Waals surface area contributed by atoms with Gasteiger partial charge in [-0.1, -0.05) is 30.3 Å². The number of carboxylic acid groups (broad SMARTS) is 1. The van der Waals surface area contributed by atoms with E-state index in [1.54, 1.807) is 11.8 Å². The van der Waals surface area contributed by atoms with Crippen LogP contribution < -0.4 is 5.32 Å². The van der Waals surface area contributed by atoms with Crippen LogP contribution in [0, 0.1) is 0 Å². The van der Waals surface area contributed by atoms with Gasteiger partial charge in [-0.05, 0) is 19.4 Å². The van der Waals surface area contributed by atoms with Crippen molar-refractivity contribution in [3.63, 3.8) is 0 Å². The highest BCUT2D eigenvalue weighted by molar-refractivity contribution is 8.01. The molecule has 3 unspecified atom stereocenters. The van der Waals surface area contributed by atoms with Crippen LogP contribution in [0.25, 0.3) is 0 Å². The highest BCUT2D eigenvalue weighted by atomic mass is 32.2. The Labute approximate surface area is 134 Å². The number of hydrogen-bond acceptors (Lipinski definition) is 4. The number of nitrogens with zero attached hydrogens (tertiary/aromatic N) is 1. The predicted molar refractivity (Wildman–Crippen MR) is 85.7 cm³/mol. The summed E-state index contributed by atoms with van der Waals surface area (Å²) in [6.45, 7) is 4.52. The molecule has 2 saturated heterocycles. The molecule has 3 rings (SSSR count). The molecule has 5 nitrogen and oxygen atoms in total. The van der Waals surface area contributed by atoms with Crippen molar-refractivity contribution in [1.82, 2.24) is 10.2 Å². The summed E-state index contributed by atoms with van der Waals surface area (Å²) in [6, 6.07) is 9.17. The highest BCUT2D eigenvalue weighted by Gasteiger charge is 2.59. The van der Waals surface area contributed by atoms with Crippen molar-refractivity contribution in [3.8, 4) is 0 Å². The summed E-state index contributed by atoms with van der Waals surface area (Å²) in [4.78, 5) is 25.5. The van der Waals surface area contributed by atoms with Gasteiger partial charge in [0.05, 0.1) is 17.8 Å². The molecule has 3 atom stereocenters. The minimum atomic E-state index is -0.783. The Morgan fingerprint density at radius 3 is 2.68 bits per heavy atom. The van der Waals surface area contributed by atoms with Crippen LogP contribution in [0.1, 0.15) is 19.4 Å². The van der Waals surface area contributed by atoms with Crippen molar-refractivity contribution in [2.75, 3.05) is 6.54 Å². The number of amides is 1. The molecule has 2 heterocycles. The molecule has 0 aromatic heterocycles. The lowest BCUT2D eigenvalue weighted by Crippen LogP contribution is -2.66. The zero-order chi connectivity index (χ0) is 15.9. The largest absolute Gasteiger partial charge is 0.480 e. The fourth-order valence-corrected chi connectivity index (χ4v) is 4.94. The number of carboxylic acids is 1. The molecule has 0 aliphatic carbocycles. The Hall–Kier alpha value is -1.53. The molecule has 118 valence electrons. The third-order valence-corrected chi connectivity index (χ3v) is 5.95. The van der Waals surface area contributed by atoms with Gasteiger partial charge in [-0.15, -0.1) is 11.8 Å². The van der Waals surface area contributed by atoms with E-state index < -0.39 is 12.0 Å². The second-order valence-corrected chi connectivity index (χ2v) is 8.16. The summed E-state index contributed by atoms with van der Waals surface area (Å²) in [6.07, 6.45) is 0.362. The number of aliphatic carboxylic acids is 1. The SMILES string of the molecule is CC1(C)SC2C(NC(=O)Cc3ccccc3)CN2C1C(=O)O. The number of rotatable bonds is 4. The smallest absolute Gasteiger partial charge is 0.322 e. The van der Waals surface area contributed by atoms with E-state index in [9.17, 15) is 14.7 Å². The first-order valence-corrected chi connectivity index (χ1v) is 8.26. The summed E-state index contributed by atoms with van der Waals surface area (Å²) >= 11 is 1.64. The number of carbonyl (C=O) groups excluding carboxylic acids is 1. The number of hydrogen-bond donors (Lipinski definition) is 2. The quantitative estimate of drug-likeness (QED) is 0.876. The Kier molecular flexibility index (Phi) is 3.91. The molecule has 6 heteroatoms. The van der Waals surface area contributed by atoms with E-state index in [-0.39, 0.29) is 22.1 Å². The molecule has 2 aliphatic heterocycles. The molecule has 0 spiro atoms. The van der Waals surface area contributed by atoms with Crippen LogP contribution >= 0.6 is 11.8 Å². The maximum absolute atomic E-state index is 12.1. The second kappa shape index (κ2) is 5.59. The number of fused-ring (bicyclic) bond motifs is 1. The Morgan fingerprint density at radius 2 is 2.05 bits per heavy atom. The zero-order valence-electron chi connectivity index (χ0n) is 12.7. The summed E-state index contributed by atoms with van der Waals surface area (Å²) in [7, 11) is 0. The summed E-state index contributed by atoms with van der Waals surface area (Å²) in [5.74, 6) is -0.790. The molecule has 1 aromatic carbocycles. The first-order chi connectivity index (χ1) is 10.4. The van der Waals surface area contributed by atoms with Crippen molar-refractivity contribution in [3.05, 3.63) is 35.9 Å². The number of benzene rings is 1. The van der Waals surface area contributed by atoms with Gasteiger partial charge in [0.15, 0.2) is 0 Å². The molecular weight excluding hydrogens is 300 g/mol. The summed E-state index contributed by atoms with van der Waals surface area (Å²) in [5.41, 5.74) is 0.985. The third-order valence-electron chi connectivity index (χ3n) is 4.28. The van der Waals surface area contributed by atoms with Gasteiger partial charge in [-0.2, -0.15) is 0 Å². The normalized spacial score (nSPS) is 29.5. The van der Waals surface area contributed by atoms with Crippen molar-refractivity contribution >= 4 is 23.6 Å². The minimum Gasteiger partial charge on any atom is -0.480 e. The van der Waals surface area contributed by atoms with Gasteiger partial charge in [0.25, 0.3) is 0 Å². The lowest BCUT2D eigenvalue weighted by molar-refractivity contribution is -0.146. The summed E-state index contributed by atoms with van der Waals surface area (Å²) in [5, 5.41) is 12.5. The highest BCUT2D eigenvalue weighted by Crippen LogP contribution is 2.50. The van der Waals surface area contributed by atoms with E-state index in [0.717, 1.165) is 5.56 Å². The zero-order valence-corrected chi connectivity index (χ0v) is 13.5. The number of nitrogens with one attached hydrogen (secondary N) is 1. The van der Waals surface area contributed by atoms with Crippen LogP contribution in [0.15, 0.2) is 30.3 Å². The van der Waals surface area contributed by atoms with Gasteiger partial charge in [-0.3, -0.25) is 14.5 Å². The van der Waals surface area contributed by atoms with Crippen LogP contribution in [0.3, 0.4) is 0 Å². The van der Waals surface area contributed by atoms with E-state index in [1.165, 1.54) is 0 Å². The monoisotopic (exact) mass is 320 g/mol. The average Bonchev–Trinajstić information content (AvgIpc) is 2.65. The molecular formula is C16H20N2O3S. The van der Waals surface area contributed by atoms with Crippen LogP contribution in [-0.4, -0.2) is 50.6 Å². The molecule has 0 radical (unpaired) electrons. The maximum Gasteiger partial charge on any atom is 0.322 e. The standard InChI is InChI=1S/C16H20N2O3S/c1-16(2)13(15(20)21)18-9-11(14(18)22-16)17-12(19)8-10-6-4-3-5-7-10/h3-7,11,13-14H,8-9H2,1-2H3,(H,17,19)(H,20,21). The van der Waals surface area contributed by atoms with Gasteiger partial charge < -0.3 is 10.4 Å². The van der Waals surface area contributed by atoms with Crippen LogP contribution in [0.5, 0.6) is 0 Å². The van der Waals surface area contributed by atoms with E-state index >= 15 is 0 Å². The molecule has 0 saturated carbocycles. The second-order valence-electron chi connectivity index (χ2n) is 6.39. The van der Waals surface area contributed by atoms with Crippen LogP contribution in [0.4, 0.5) is 0 Å². The van der Waals surface area contributed by atoms with E-state index in [1.807, 2.05) is 49.1 Å². The van der Waals surface area contributed by atoms with Crippen molar-refractivity contribution < 1.29 is 14.7 Å². The fourth-order valence-electron chi connectivity index (χ4n) is 3.29. The van der Waals surface area contributed by atoms with Crippen LogP contribution in [-0.2, 0) is 16.0 Å². The fraction of sp³-hybridized carbons (Fsp3) is 0.500. The van der Waals surface area contributed by atoms with E-state index in [0.29, 0.717) is 13.0 Å². The summed E-state index contributed by atoms with van der Waals surface area (Å²) < 4.78 is -0.338. The van der Waals surface area contributed by atoms with Crippen molar-refractivity contribution in [2.24, 2.45) is 0 Å². The Balaban J connectivity index is 1.59. The lowest BCUT2D eigenvalue weighted by atomic mass is 9.96. The van der Waals surface area contributed by atoms with Crippen LogP contribution in [0.2, 0.25) is 0 Å². The molecule has 2 fully saturated rings. The van der Waals surface area contributed by atoms with Gasteiger partial charge in [0.1, 0.15) is 6.04 Å². The van der Waals surface area contributed by atoms with Gasteiger partial charge >= 0.3 is 5.97 Å². The van der Waals surface area contributed by atoms with Gasteiger partial charge in [0, 0.05) is 11.3 Å². The van der Waals surface area contributed by atoms with Gasteiger partial charge in [0.2, 0.25) is 5.91 Å². The van der Waals surface area contributed by atoms with Gasteiger partial charge in [-0.25, -0.2) is 0 Å². The van der Waals surface area contributed by atoms with Crippen molar-refractivity contribution in [1.29, 1.82) is 0 Å². The molecule has 22 heavy (non-hydrogen) atoms. The lowest BCUT2D eigenvalue weighted by Gasteiger charge is -2.44. The molecule has 0 bridgehead atoms. The molecule has 2 aliphatic rings. The first-order valence-electron chi connectivity index (χ1n) is 7.38. The number of thioether (sulfide) groups is 1. The third kappa shape index (κ3) is 2.73. The molecule has 1 amide bonds. The molecule has 1 aromatic rings. The Morgan fingerprint density at radius 1 is 1.36 bits per heavy atom. The Bertz CT molecular complexity index is 590. The first kappa shape index (κ1) is 15.4. The topological polar surface area (TPSA) is 69.6 Å². The maximum atomic E-state index is 12.1. The number of carbonyl (C=O) groups is 2. The molecule has 2 N–H and O–H groups in total. The van der Waals surface area contributed by atoms with Crippen molar-refractivity contribution in [2.45, 2.75) is 42.5 Å². The predicted octanol–water partition coefficient (Wildman–Crippen LogP) is 1.33. The van der Waals surface area contributed by atoms with E-state index in [4.69, 9.17) is 0 Å². The average molecular weight is 320 g/mol. The van der Waals surface area contributed by atoms with E-state index in [2.05, 4.69) is 5.32 Å². The minimum absolute atomic E-state index is 0.00645.